The number of nitrogens with zero attached hydrogens (tertiary/aromatic N) is 1. The standard InChI is InChI=1S/C13H13BrClNO4/c1-20-8-5-11(13(18)19)16(6-8)12(17)7-2-3-9(14)10(15)4-7/h2-4,8,11H,5-6H2,1H3,(H,18,19). The number of benzene rings is 1. The van der Waals surface area contributed by atoms with Crippen LogP contribution in [0.15, 0.2) is 22.7 Å². The first-order chi connectivity index (χ1) is 9.43. The highest BCUT2D eigenvalue weighted by atomic mass is 79.9. The van der Waals surface area contributed by atoms with E-state index < -0.39 is 12.0 Å². The molecule has 2 unspecified atom stereocenters. The Labute approximate surface area is 129 Å². The van der Waals surface area contributed by atoms with Crippen molar-refractivity contribution in [3.8, 4) is 0 Å². The van der Waals surface area contributed by atoms with Crippen molar-refractivity contribution in [1.29, 1.82) is 0 Å². The lowest BCUT2D eigenvalue weighted by molar-refractivity contribution is -0.141. The number of carbonyl (C=O) groups excluding carboxylic acids is 1. The van der Waals surface area contributed by atoms with Crippen LogP contribution in [0.1, 0.15) is 16.8 Å². The number of aliphatic carboxylic acids is 1. The SMILES string of the molecule is COC1CC(C(=O)O)N(C(=O)c2ccc(Br)c(Cl)c2)C1. The maximum absolute atomic E-state index is 12.4. The van der Waals surface area contributed by atoms with E-state index in [0.717, 1.165) is 0 Å². The molecule has 0 aromatic heterocycles. The molecule has 0 aliphatic carbocycles. The highest BCUT2D eigenvalue weighted by Gasteiger charge is 2.40. The van der Waals surface area contributed by atoms with E-state index >= 15 is 0 Å². The Hall–Kier alpha value is -1.11. The normalized spacial score (nSPS) is 22.1. The van der Waals surface area contributed by atoms with Gasteiger partial charge in [-0.1, -0.05) is 11.6 Å². The highest BCUT2D eigenvalue weighted by molar-refractivity contribution is 9.10. The fourth-order valence-corrected chi connectivity index (χ4v) is 2.65. The molecule has 0 radical (unpaired) electrons. The van der Waals surface area contributed by atoms with Crippen molar-refractivity contribution in [3.05, 3.63) is 33.3 Å². The van der Waals surface area contributed by atoms with Gasteiger partial charge in [0.05, 0.1) is 11.1 Å². The summed E-state index contributed by atoms with van der Waals surface area (Å²) in [6, 6.07) is 3.93. The van der Waals surface area contributed by atoms with Crippen molar-refractivity contribution >= 4 is 39.4 Å². The fourth-order valence-electron chi connectivity index (χ4n) is 2.22. The number of hydrogen-bond donors (Lipinski definition) is 1. The van der Waals surface area contributed by atoms with Crippen LogP contribution < -0.4 is 0 Å². The molecule has 1 aromatic carbocycles. The minimum absolute atomic E-state index is 0.258. The molecule has 0 bridgehead atoms. The molecule has 1 aliphatic rings. The summed E-state index contributed by atoms with van der Waals surface area (Å²) in [7, 11) is 1.51. The number of rotatable bonds is 3. The molecule has 2 rings (SSSR count). The van der Waals surface area contributed by atoms with Crippen LogP contribution >= 0.6 is 27.5 Å². The van der Waals surface area contributed by atoms with Gasteiger partial charge in [0.1, 0.15) is 6.04 Å². The van der Waals surface area contributed by atoms with Crippen molar-refractivity contribution in [2.45, 2.75) is 18.6 Å². The largest absolute Gasteiger partial charge is 0.480 e. The van der Waals surface area contributed by atoms with Crippen LogP contribution in [0.25, 0.3) is 0 Å². The third-order valence-electron chi connectivity index (χ3n) is 3.31. The van der Waals surface area contributed by atoms with E-state index in [0.29, 0.717) is 21.5 Å². The van der Waals surface area contributed by atoms with Gasteiger partial charge >= 0.3 is 5.97 Å². The second-order valence-electron chi connectivity index (χ2n) is 4.53. The molecule has 1 amide bonds. The molecule has 1 N–H and O–H groups in total. The Kier molecular flexibility index (Phi) is 4.67. The van der Waals surface area contributed by atoms with E-state index in [4.69, 9.17) is 16.3 Å². The van der Waals surface area contributed by atoms with E-state index in [1.54, 1.807) is 12.1 Å². The summed E-state index contributed by atoms with van der Waals surface area (Å²) < 4.78 is 5.84. The molecule has 7 heteroatoms. The zero-order valence-corrected chi connectivity index (χ0v) is 13.0. The summed E-state index contributed by atoms with van der Waals surface area (Å²) in [4.78, 5) is 25.0. The molecule has 0 saturated carbocycles. The number of methoxy groups -OCH3 is 1. The van der Waals surface area contributed by atoms with Crippen LogP contribution in [-0.4, -0.2) is 47.7 Å². The molecule has 1 saturated heterocycles. The second-order valence-corrected chi connectivity index (χ2v) is 5.80. The molecular weight excluding hydrogens is 350 g/mol. The third kappa shape index (κ3) is 2.97. The Morgan fingerprint density at radius 3 is 2.75 bits per heavy atom. The predicted molar refractivity (Wildman–Crippen MR) is 77.0 cm³/mol. The van der Waals surface area contributed by atoms with E-state index in [1.807, 2.05) is 0 Å². The number of halogens is 2. The van der Waals surface area contributed by atoms with Crippen molar-refractivity contribution in [1.82, 2.24) is 4.90 Å². The lowest BCUT2D eigenvalue weighted by atomic mass is 10.1. The van der Waals surface area contributed by atoms with Crippen LogP contribution in [0.4, 0.5) is 0 Å². The minimum atomic E-state index is -1.03. The van der Waals surface area contributed by atoms with Crippen LogP contribution in [-0.2, 0) is 9.53 Å². The maximum atomic E-state index is 12.4. The second kappa shape index (κ2) is 6.11. The number of hydrogen-bond acceptors (Lipinski definition) is 3. The zero-order valence-electron chi connectivity index (χ0n) is 10.7. The topological polar surface area (TPSA) is 66.8 Å². The minimum Gasteiger partial charge on any atom is -0.480 e. The van der Waals surface area contributed by atoms with E-state index in [9.17, 15) is 14.7 Å². The van der Waals surface area contributed by atoms with Crippen LogP contribution in [0.3, 0.4) is 0 Å². The summed E-state index contributed by atoms with van der Waals surface area (Å²) in [6.45, 7) is 0.264. The van der Waals surface area contributed by atoms with Gasteiger partial charge in [0.15, 0.2) is 0 Å². The first kappa shape index (κ1) is 15.3. The summed E-state index contributed by atoms with van der Waals surface area (Å²) in [5, 5.41) is 9.62. The van der Waals surface area contributed by atoms with E-state index in [1.165, 1.54) is 18.1 Å². The van der Waals surface area contributed by atoms with Gasteiger partial charge in [-0.15, -0.1) is 0 Å². The summed E-state index contributed by atoms with van der Waals surface area (Å²) in [5.41, 5.74) is 0.362. The Balaban J connectivity index is 2.26. The number of carboxylic acids is 1. The Morgan fingerprint density at radius 1 is 1.50 bits per heavy atom. The van der Waals surface area contributed by atoms with Crippen LogP contribution in [0, 0.1) is 0 Å². The number of carbonyl (C=O) groups is 2. The lowest BCUT2D eigenvalue weighted by Gasteiger charge is -2.21. The molecule has 1 heterocycles. The first-order valence-electron chi connectivity index (χ1n) is 5.95. The van der Waals surface area contributed by atoms with Crippen LogP contribution in [0.5, 0.6) is 0 Å². The van der Waals surface area contributed by atoms with Gasteiger partial charge in [-0.2, -0.15) is 0 Å². The van der Waals surface area contributed by atoms with Crippen molar-refractivity contribution in [2.24, 2.45) is 0 Å². The average molecular weight is 363 g/mol. The van der Waals surface area contributed by atoms with Crippen molar-refractivity contribution in [2.75, 3.05) is 13.7 Å². The average Bonchev–Trinajstić information content (AvgIpc) is 2.85. The highest BCUT2D eigenvalue weighted by Crippen LogP contribution is 2.27. The van der Waals surface area contributed by atoms with Gasteiger partial charge in [-0.25, -0.2) is 4.79 Å². The number of carboxylic acid groups (broad SMARTS) is 1. The number of amides is 1. The molecule has 20 heavy (non-hydrogen) atoms. The zero-order chi connectivity index (χ0) is 14.9. The van der Waals surface area contributed by atoms with Gasteiger partial charge in [-0.05, 0) is 34.1 Å². The quantitative estimate of drug-likeness (QED) is 0.897. The van der Waals surface area contributed by atoms with E-state index in [-0.39, 0.29) is 18.6 Å². The Bertz CT molecular complexity index is 551. The van der Waals surface area contributed by atoms with Gasteiger partial charge in [0.25, 0.3) is 5.91 Å². The predicted octanol–water partition coefficient (Wildman–Crippen LogP) is 2.42. The molecule has 2 atom stereocenters. The lowest BCUT2D eigenvalue weighted by Crippen LogP contribution is -2.40. The molecule has 1 aromatic rings. The van der Waals surface area contributed by atoms with Gasteiger partial charge in [0, 0.05) is 30.1 Å². The smallest absolute Gasteiger partial charge is 0.326 e. The molecule has 1 fully saturated rings. The molecule has 5 nitrogen and oxygen atoms in total. The number of likely N-dealkylation sites (tertiary alicyclic amines) is 1. The van der Waals surface area contributed by atoms with E-state index in [2.05, 4.69) is 15.9 Å². The van der Waals surface area contributed by atoms with Gasteiger partial charge in [0.2, 0.25) is 0 Å². The molecule has 108 valence electrons. The molecular formula is C13H13BrClNO4. The Morgan fingerprint density at radius 2 is 2.20 bits per heavy atom. The number of ether oxygens (including phenoxy) is 1. The monoisotopic (exact) mass is 361 g/mol. The molecule has 0 spiro atoms. The summed E-state index contributed by atoms with van der Waals surface area (Å²) >= 11 is 9.21. The fraction of sp³-hybridized carbons (Fsp3) is 0.385. The van der Waals surface area contributed by atoms with Crippen molar-refractivity contribution < 1.29 is 19.4 Å². The molecule has 1 aliphatic heterocycles. The van der Waals surface area contributed by atoms with Gasteiger partial charge in [-0.3, -0.25) is 4.79 Å². The van der Waals surface area contributed by atoms with Crippen molar-refractivity contribution in [3.63, 3.8) is 0 Å². The van der Waals surface area contributed by atoms with Crippen LogP contribution in [0.2, 0.25) is 5.02 Å². The maximum Gasteiger partial charge on any atom is 0.326 e. The summed E-state index contributed by atoms with van der Waals surface area (Å²) in [5.74, 6) is -1.38. The summed E-state index contributed by atoms with van der Waals surface area (Å²) in [6.07, 6.45) is 0.0351. The first-order valence-corrected chi connectivity index (χ1v) is 7.12. The van der Waals surface area contributed by atoms with Gasteiger partial charge < -0.3 is 14.7 Å². The third-order valence-corrected chi connectivity index (χ3v) is 4.54.